The molecule has 1 aromatic heterocycles. The number of benzene rings is 3. The van der Waals surface area contributed by atoms with Crippen molar-refractivity contribution in [3.8, 4) is 10.6 Å². The number of aryl methyl sites for hydroxylation is 1. The van der Waals surface area contributed by atoms with Gasteiger partial charge in [-0.2, -0.15) is 0 Å². The summed E-state index contributed by atoms with van der Waals surface area (Å²) in [5.74, 6) is -0.110. The van der Waals surface area contributed by atoms with Gasteiger partial charge in [0.15, 0.2) is 0 Å². The van der Waals surface area contributed by atoms with Gasteiger partial charge in [0.25, 0.3) is 5.91 Å². The van der Waals surface area contributed by atoms with Crippen LogP contribution in [-0.2, 0) is 6.42 Å². The fraction of sp³-hybridized carbons (Fsp3) is 0.0909. The molecule has 3 nitrogen and oxygen atoms in total. The summed E-state index contributed by atoms with van der Waals surface area (Å²) in [6, 6.07) is 21.8. The van der Waals surface area contributed by atoms with E-state index in [4.69, 9.17) is 4.98 Å². The van der Waals surface area contributed by atoms with E-state index in [9.17, 15) is 4.79 Å². The van der Waals surface area contributed by atoms with Crippen LogP contribution in [0.2, 0.25) is 0 Å². The molecule has 0 atom stereocenters. The second-order valence-corrected chi connectivity index (χ2v) is 8.46. The Morgan fingerprint density at radius 2 is 1.85 bits per heavy atom. The van der Waals surface area contributed by atoms with Gasteiger partial charge in [-0.25, -0.2) is 4.98 Å². The summed E-state index contributed by atoms with van der Waals surface area (Å²) < 4.78 is 2.24. The van der Waals surface area contributed by atoms with Gasteiger partial charge in [0.1, 0.15) is 5.01 Å². The molecule has 0 bridgehead atoms. The molecular formula is C22H17IN2OS. The summed E-state index contributed by atoms with van der Waals surface area (Å²) in [5.41, 5.74) is 4.57. The number of amides is 1. The predicted octanol–water partition coefficient (Wildman–Crippen LogP) is 6.38. The van der Waals surface area contributed by atoms with Crippen LogP contribution in [0.1, 0.15) is 22.8 Å². The maximum absolute atomic E-state index is 12.7. The van der Waals surface area contributed by atoms with Gasteiger partial charge in [-0.05, 0) is 77.0 Å². The second kappa shape index (κ2) is 7.78. The van der Waals surface area contributed by atoms with Gasteiger partial charge in [0, 0.05) is 14.7 Å². The van der Waals surface area contributed by atoms with Gasteiger partial charge >= 0.3 is 0 Å². The Hall–Kier alpha value is -2.25. The Balaban J connectivity index is 1.69. The minimum Gasteiger partial charge on any atom is -0.321 e. The van der Waals surface area contributed by atoms with Crippen LogP contribution in [0.25, 0.3) is 20.8 Å². The van der Waals surface area contributed by atoms with E-state index < -0.39 is 0 Å². The van der Waals surface area contributed by atoms with E-state index in [0.717, 1.165) is 36.5 Å². The van der Waals surface area contributed by atoms with Crippen molar-refractivity contribution in [1.82, 2.24) is 4.98 Å². The van der Waals surface area contributed by atoms with Gasteiger partial charge in [0.2, 0.25) is 0 Å². The number of carbonyl (C=O) groups excluding carboxylic acids is 1. The molecule has 0 spiro atoms. The number of nitrogens with one attached hydrogen (secondary N) is 1. The van der Waals surface area contributed by atoms with E-state index in [1.807, 2.05) is 54.6 Å². The summed E-state index contributed by atoms with van der Waals surface area (Å²) >= 11 is 3.92. The lowest BCUT2D eigenvalue weighted by Crippen LogP contribution is -2.12. The maximum atomic E-state index is 12.7. The fourth-order valence-electron chi connectivity index (χ4n) is 2.88. The molecule has 0 aliphatic carbocycles. The standard InChI is InChI=1S/C22H17IN2OS/c1-2-14-7-9-15(10-8-14)21(26)24-18-12-11-16(23)13-17(18)22-25-19-5-3-4-6-20(19)27-22/h3-13H,2H2,1H3,(H,24,26). The van der Waals surface area contributed by atoms with Crippen molar-refractivity contribution in [2.75, 3.05) is 5.32 Å². The summed E-state index contributed by atoms with van der Waals surface area (Å²) in [5, 5.41) is 3.97. The summed E-state index contributed by atoms with van der Waals surface area (Å²) in [7, 11) is 0. The van der Waals surface area contributed by atoms with Crippen LogP contribution in [0, 0.1) is 3.57 Å². The van der Waals surface area contributed by atoms with Crippen LogP contribution in [0.3, 0.4) is 0 Å². The monoisotopic (exact) mass is 484 g/mol. The molecule has 0 saturated carbocycles. The van der Waals surface area contributed by atoms with Crippen molar-refractivity contribution in [1.29, 1.82) is 0 Å². The van der Waals surface area contributed by atoms with Crippen molar-refractivity contribution in [2.24, 2.45) is 0 Å². The van der Waals surface area contributed by atoms with E-state index >= 15 is 0 Å². The molecule has 5 heteroatoms. The van der Waals surface area contributed by atoms with Crippen LogP contribution in [0.5, 0.6) is 0 Å². The van der Waals surface area contributed by atoms with Gasteiger partial charge in [-0.1, -0.05) is 31.2 Å². The van der Waals surface area contributed by atoms with Crippen LogP contribution in [0.4, 0.5) is 5.69 Å². The molecule has 1 amide bonds. The first-order chi connectivity index (χ1) is 13.1. The zero-order valence-corrected chi connectivity index (χ0v) is 17.7. The molecule has 0 fully saturated rings. The Bertz CT molecular complexity index is 1090. The molecule has 1 heterocycles. The number of rotatable bonds is 4. The molecule has 0 radical (unpaired) electrons. The molecule has 0 aliphatic rings. The third kappa shape index (κ3) is 3.89. The average molecular weight is 484 g/mol. The number of carbonyl (C=O) groups is 1. The van der Waals surface area contributed by atoms with Gasteiger partial charge in [-0.3, -0.25) is 4.79 Å². The topological polar surface area (TPSA) is 42.0 Å². The van der Waals surface area contributed by atoms with Crippen LogP contribution < -0.4 is 5.32 Å². The molecule has 1 N–H and O–H groups in total. The number of hydrogen-bond donors (Lipinski definition) is 1. The lowest BCUT2D eigenvalue weighted by atomic mass is 10.1. The molecule has 0 saturated heterocycles. The van der Waals surface area contributed by atoms with Gasteiger partial charge < -0.3 is 5.32 Å². The molecular weight excluding hydrogens is 467 g/mol. The second-order valence-electron chi connectivity index (χ2n) is 6.18. The SMILES string of the molecule is CCc1ccc(C(=O)Nc2ccc(I)cc2-c2nc3ccccc3s2)cc1. The first kappa shape index (κ1) is 18.1. The largest absolute Gasteiger partial charge is 0.321 e. The highest BCUT2D eigenvalue weighted by molar-refractivity contribution is 14.1. The smallest absolute Gasteiger partial charge is 0.255 e. The normalized spacial score (nSPS) is 10.9. The van der Waals surface area contributed by atoms with E-state index in [1.165, 1.54) is 5.56 Å². The van der Waals surface area contributed by atoms with Crippen LogP contribution in [0.15, 0.2) is 66.7 Å². The first-order valence-corrected chi connectivity index (χ1v) is 10.6. The highest BCUT2D eigenvalue weighted by Gasteiger charge is 2.14. The maximum Gasteiger partial charge on any atom is 0.255 e. The fourth-order valence-corrected chi connectivity index (χ4v) is 4.36. The molecule has 4 rings (SSSR count). The van der Waals surface area contributed by atoms with E-state index in [1.54, 1.807) is 11.3 Å². The zero-order valence-electron chi connectivity index (χ0n) is 14.7. The summed E-state index contributed by atoms with van der Waals surface area (Å²) in [6.07, 6.45) is 0.959. The third-order valence-corrected chi connectivity index (χ3v) is 6.12. The highest BCUT2D eigenvalue weighted by Crippen LogP contribution is 2.35. The molecule has 4 aromatic rings. The predicted molar refractivity (Wildman–Crippen MR) is 122 cm³/mol. The number of aromatic nitrogens is 1. The Labute approximate surface area is 175 Å². The summed E-state index contributed by atoms with van der Waals surface area (Å²) in [6.45, 7) is 2.10. The Morgan fingerprint density at radius 3 is 2.59 bits per heavy atom. The molecule has 27 heavy (non-hydrogen) atoms. The third-order valence-electron chi connectivity index (χ3n) is 4.38. The number of hydrogen-bond acceptors (Lipinski definition) is 3. The van der Waals surface area contributed by atoms with Gasteiger partial charge in [-0.15, -0.1) is 11.3 Å². The van der Waals surface area contributed by atoms with Crippen LogP contribution in [-0.4, -0.2) is 10.9 Å². The van der Waals surface area contributed by atoms with E-state index in [0.29, 0.717) is 5.56 Å². The Kier molecular flexibility index (Phi) is 5.22. The van der Waals surface area contributed by atoms with Crippen molar-refractivity contribution >= 4 is 55.7 Å². The van der Waals surface area contributed by atoms with Crippen molar-refractivity contribution in [3.63, 3.8) is 0 Å². The quantitative estimate of drug-likeness (QED) is 0.342. The highest BCUT2D eigenvalue weighted by atomic mass is 127. The number of nitrogens with zero attached hydrogens (tertiary/aromatic N) is 1. The van der Waals surface area contributed by atoms with Crippen molar-refractivity contribution in [2.45, 2.75) is 13.3 Å². The number of halogens is 1. The van der Waals surface area contributed by atoms with Crippen LogP contribution >= 0.6 is 33.9 Å². The minimum atomic E-state index is -0.110. The number of anilines is 1. The van der Waals surface area contributed by atoms with Crippen molar-refractivity contribution < 1.29 is 4.79 Å². The molecule has 0 aliphatic heterocycles. The molecule has 134 valence electrons. The molecule has 3 aromatic carbocycles. The summed E-state index contributed by atoms with van der Waals surface area (Å²) in [4.78, 5) is 17.5. The number of fused-ring (bicyclic) bond motifs is 1. The lowest BCUT2D eigenvalue weighted by molar-refractivity contribution is 0.102. The Morgan fingerprint density at radius 1 is 1.07 bits per heavy atom. The molecule has 0 unspecified atom stereocenters. The minimum absolute atomic E-state index is 0.110. The zero-order chi connectivity index (χ0) is 18.8. The van der Waals surface area contributed by atoms with E-state index in [-0.39, 0.29) is 5.91 Å². The number of thiazole rings is 1. The lowest BCUT2D eigenvalue weighted by Gasteiger charge is -2.10. The van der Waals surface area contributed by atoms with Gasteiger partial charge in [0.05, 0.1) is 15.9 Å². The van der Waals surface area contributed by atoms with Crippen molar-refractivity contribution in [3.05, 3.63) is 81.4 Å². The van der Waals surface area contributed by atoms with E-state index in [2.05, 4.69) is 47.0 Å². The first-order valence-electron chi connectivity index (χ1n) is 8.70. The number of para-hydroxylation sites is 1. The average Bonchev–Trinajstić information content (AvgIpc) is 3.13.